The van der Waals surface area contributed by atoms with Gasteiger partial charge in [-0.1, -0.05) is 6.07 Å². The van der Waals surface area contributed by atoms with Crippen LogP contribution < -0.4 is 16.0 Å². The Balaban J connectivity index is 0.00000180. The second-order valence-electron chi connectivity index (χ2n) is 4.22. The lowest BCUT2D eigenvalue weighted by atomic mass is 10.1. The molecule has 0 unspecified atom stereocenters. The first kappa shape index (κ1) is 15.5. The van der Waals surface area contributed by atoms with Gasteiger partial charge in [-0.3, -0.25) is 9.59 Å². The number of hydrogen-bond donors (Lipinski definition) is 3. The number of benzene rings is 1. The highest BCUT2D eigenvalue weighted by Gasteiger charge is 2.13. The van der Waals surface area contributed by atoms with Gasteiger partial charge in [0.05, 0.1) is 6.54 Å². The van der Waals surface area contributed by atoms with E-state index in [9.17, 15) is 9.59 Å². The van der Waals surface area contributed by atoms with Crippen molar-refractivity contribution in [2.45, 2.75) is 20.0 Å². The molecule has 1 aromatic rings. The van der Waals surface area contributed by atoms with Crippen molar-refractivity contribution in [3.63, 3.8) is 0 Å². The van der Waals surface area contributed by atoms with Gasteiger partial charge in [0.1, 0.15) is 0 Å². The second kappa shape index (κ2) is 7.11. The summed E-state index contributed by atoms with van der Waals surface area (Å²) in [7, 11) is 0. The third kappa shape index (κ3) is 3.94. The summed E-state index contributed by atoms with van der Waals surface area (Å²) in [5.41, 5.74) is 2.98. The van der Waals surface area contributed by atoms with E-state index in [1.54, 1.807) is 6.07 Å². The highest BCUT2D eigenvalue weighted by atomic mass is 35.5. The zero-order valence-electron chi connectivity index (χ0n) is 10.8. The van der Waals surface area contributed by atoms with Crippen LogP contribution in [0.15, 0.2) is 18.2 Å². The largest absolute Gasteiger partial charge is 0.355 e. The number of amides is 2. The molecular formula is C13H18ClN3O2. The van der Waals surface area contributed by atoms with Crippen molar-refractivity contribution >= 4 is 24.2 Å². The SMILES string of the molecule is CCNC(=O)CNC(=O)c1ccc2c(c1)CNC2.Cl. The van der Waals surface area contributed by atoms with Crippen LogP contribution in [0.3, 0.4) is 0 Å². The Kier molecular flexibility index (Phi) is 5.79. The van der Waals surface area contributed by atoms with Crippen LogP contribution in [0.1, 0.15) is 28.4 Å². The van der Waals surface area contributed by atoms with Crippen molar-refractivity contribution in [3.05, 3.63) is 34.9 Å². The second-order valence-corrected chi connectivity index (χ2v) is 4.22. The summed E-state index contributed by atoms with van der Waals surface area (Å²) in [5.74, 6) is -0.385. The molecule has 0 aliphatic carbocycles. The Hall–Kier alpha value is -1.59. The van der Waals surface area contributed by atoms with E-state index in [-0.39, 0.29) is 30.8 Å². The van der Waals surface area contributed by atoms with Crippen molar-refractivity contribution in [1.82, 2.24) is 16.0 Å². The van der Waals surface area contributed by atoms with Crippen molar-refractivity contribution in [2.75, 3.05) is 13.1 Å². The van der Waals surface area contributed by atoms with Crippen LogP contribution in [0.4, 0.5) is 0 Å². The molecule has 0 saturated heterocycles. The Morgan fingerprint density at radius 1 is 1.21 bits per heavy atom. The Labute approximate surface area is 118 Å². The number of nitrogens with one attached hydrogen (secondary N) is 3. The minimum absolute atomic E-state index is 0. The lowest BCUT2D eigenvalue weighted by Crippen LogP contribution is -2.36. The average molecular weight is 284 g/mol. The van der Waals surface area contributed by atoms with Gasteiger partial charge in [-0.05, 0) is 30.2 Å². The Morgan fingerprint density at radius 2 is 1.95 bits per heavy atom. The summed E-state index contributed by atoms with van der Waals surface area (Å²) in [6, 6.07) is 5.62. The van der Waals surface area contributed by atoms with Gasteiger partial charge in [0.15, 0.2) is 0 Å². The van der Waals surface area contributed by atoms with Gasteiger partial charge >= 0.3 is 0 Å². The zero-order valence-corrected chi connectivity index (χ0v) is 11.6. The lowest BCUT2D eigenvalue weighted by Gasteiger charge is -2.06. The molecule has 6 heteroatoms. The minimum Gasteiger partial charge on any atom is -0.355 e. The summed E-state index contributed by atoms with van der Waals surface area (Å²) in [6.07, 6.45) is 0. The predicted octanol–water partition coefficient (Wildman–Crippen LogP) is 0.577. The topological polar surface area (TPSA) is 70.2 Å². The molecule has 0 aromatic heterocycles. The van der Waals surface area contributed by atoms with Crippen molar-refractivity contribution in [1.29, 1.82) is 0 Å². The maximum Gasteiger partial charge on any atom is 0.251 e. The van der Waals surface area contributed by atoms with Crippen molar-refractivity contribution < 1.29 is 9.59 Å². The first-order chi connectivity index (χ1) is 8.70. The smallest absolute Gasteiger partial charge is 0.251 e. The Morgan fingerprint density at radius 3 is 2.68 bits per heavy atom. The number of carbonyl (C=O) groups excluding carboxylic acids is 2. The third-order valence-corrected chi connectivity index (χ3v) is 2.88. The molecule has 2 rings (SSSR count). The van der Waals surface area contributed by atoms with E-state index in [1.807, 2.05) is 19.1 Å². The van der Waals surface area contributed by atoms with E-state index >= 15 is 0 Å². The van der Waals surface area contributed by atoms with Crippen molar-refractivity contribution in [2.24, 2.45) is 0 Å². The molecule has 0 fully saturated rings. The lowest BCUT2D eigenvalue weighted by molar-refractivity contribution is -0.120. The minimum atomic E-state index is -0.212. The molecule has 0 radical (unpaired) electrons. The number of fused-ring (bicyclic) bond motifs is 1. The first-order valence-electron chi connectivity index (χ1n) is 6.08. The van der Waals surface area contributed by atoms with Gasteiger partial charge in [-0.15, -0.1) is 12.4 Å². The van der Waals surface area contributed by atoms with E-state index in [2.05, 4.69) is 16.0 Å². The summed E-state index contributed by atoms with van der Waals surface area (Å²) < 4.78 is 0. The maximum atomic E-state index is 11.8. The molecule has 3 N–H and O–H groups in total. The van der Waals surface area contributed by atoms with Crippen LogP contribution in [-0.2, 0) is 17.9 Å². The number of carbonyl (C=O) groups is 2. The van der Waals surface area contributed by atoms with Crippen LogP contribution >= 0.6 is 12.4 Å². The van der Waals surface area contributed by atoms with Gasteiger partial charge < -0.3 is 16.0 Å². The van der Waals surface area contributed by atoms with Crippen LogP contribution in [0, 0.1) is 0 Å². The van der Waals surface area contributed by atoms with E-state index < -0.39 is 0 Å². The predicted molar refractivity (Wildman–Crippen MR) is 75.3 cm³/mol. The molecule has 104 valence electrons. The number of likely N-dealkylation sites (N-methyl/N-ethyl adjacent to an activating group) is 1. The van der Waals surface area contributed by atoms with Crippen molar-refractivity contribution in [3.8, 4) is 0 Å². The quantitative estimate of drug-likeness (QED) is 0.757. The molecule has 1 aliphatic heterocycles. The van der Waals surface area contributed by atoms with Gasteiger partial charge in [0.25, 0.3) is 5.91 Å². The van der Waals surface area contributed by atoms with E-state index in [0.29, 0.717) is 12.1 Å². The summed E-state index contributed by atoms with van der Waals surface area (Å²) in [6.45, 7) is 4.08. The highest BCUT2D eigenvalue weighted by molar-refractivity contribution is 5.96. The summed E-state index contributed by atoms with van der Waals surface area (Å²) in [4.78, 5) is 23.1. The van der Waals surface area contributed by atoms with Gasteiger partial charge in [-0.2, -0.15) is 0 Å². The zero-order chi connectivity index (χ0) is 13.0. The molecule has 5 nitrogen and oxygen atoms in total. The molecule has 1 heterocycles. The molecular weight excluding hydrogens is 266 g/mol. The standard InChI is InChI=1S/C13H17N3O2.ClH/c1-2-15-12(17)8-16-13(18)9-3-4-10-6-14-7-11(10)5-9;/h3-5,14H,2,6-8H2,1H3,(H,15,17)(H,16,18);1H. The number of hydrogen-bond acceptors (Lipinski definition) is 3. The summed E-state index contributed by atoms with van der Waals surface area (Å²) >= 11 is 0. The Bertz CT molecular complexity index is 477. The fourth-order valence-electron chi connectivity index (χ4n) is 1.96. The van der Waals surface area contributed by atoms with E-state index in [0.717, 1.165) is 18.7 Å². The highest BCUT2D eigenvalue weighted by Crippen LogP contribution is 2.16. The first-order valence-corrected chi connectivity index (χ1v) is 6.08. The fraction of sp³-hybridized carbons (Fsp3) is 0.385. The van der Waals surface area contributed by atoms with E-state index in [1.165, 1.54) is 5.56 Å². The number of rotatable bonds is 4. The fourth-order valence-corrected chi connectivity index (χ4v) is 1.96. The average Bonchev–Trinajstić information content (AvgIpc) is 2.83. The maximum absolute atomic E-state index is 11.8. The summed E-state index contributed by atoms with van der Waals surface area (Å²) in [5, 5.41) is 8.46. The molecule has 0 saturated carbocycles. The number of halogens is 1. The molecule has 0 bridgehead atoms. The van der Waals surface area contributed by atoms with Crippen LogP contribution in [0.2, 0.25) is 0 Å². The molecule has 0 spiro atoms. The molecule has 0 atom stereocenters. The molecule has 1 aliphatic rings. The van der Waals surface area contributed by atoms with Crippen LogP contribution in [0.25, 0.3) is 0 Å². The van der Waals surface area contributed by atoms with Gasteiger partial charge in [-0.25, -0.2) is 0 Å². The van der Waals surface area contributed by atoms with E-state index in [4.69, 9.17) is 0 Å². The molecule has 1 aromatic carbocycles. The van der Waals surface area contributed by atoms with Crippen LogP contribution in [0.5, 0.6) is 0 Å². The third-order valence-electron chi connectivity index (χ3n) is 2.88. The molecule has 2 amide bonds. The monoisotopic (exact) mass is 283 g/mol. The van der Waals surface area contributed by atoms with Gasteiger partial charge in [0, 0.05) is 25.2 Å². The molecule has 19 heavy (non-hydrogen) atoms. The van der Waals surface area contributed by atoms with Gasteiger partial charge in [0.2, 0.25) is 5.91 Å². The normalized spacial score (nSPS) is 12.3. The van der Waals surface area contributed by atoms with Crippen LogP contribution in [-0.4, -0.2) is 24.9 Å².